The van der Waals surface area contributed by atoms with Crippen molar-refractivity contribution in [3.05, 3.63) is 82.9 Å². The van der Waals surface area contributed by atoms with Gasteiger partial charge in [-0.15, -0.1) is 0 Å². The Labute approximate surface area is 135 Å². The Balaban J connectivity index is 1.79. The van der Waals surface area contributed by atoms with Crippen molar-refractivity contribution in [1.29, 1.82) is 0 Å². The maximum absolute atomic E-state index is 12.6. The van der Waals surface area contributed by atoms with E-state index in [1.807, 2.05) is 42.5 Å². The zero-order chi connectivity index (χ0) is 15.8. The number of hydrogen-bond acceptors (Lipinski definition) is 2. The van der Waals surface area contributed by atoms with Gasteiger partial charge in [0.1, 0.15) is 5.75 Å². The number of hydrogen-bond donors (Lipinski definition) is 0. The minimum Gasteiger partial charge on any atom is -0.497 e. The molecule has 3 aromatic rings. The van der Waals surface area contributed by atoms with Gasteiger partial charge in [-0.3, -0.25) is 4.79 Å². The fourth-order valence-electron chi connectivity index (χ4n) is 3.20. The van der Waals surface area contributed by atoms with Crippen LogP contribution in [0.25, 0.3) is 16.8 Å². The molecule has 2 heteroatoms. The third kappa shape index (κ3) is 2.33. The summed E-state index contributed by atoms with van der Waals surface area (Å²) in [6, 6.07) is 20.1. The lowest BCUT2D eigenvalue weighted by Gasteiger charge is -2.03. The first-order chi connectivity index (χ1) is 11.3. The standard InChI is InChI=1S/C21H16O2/c1-23-18-9-10-20-16(13-18)12-17(21(20)22)11-15-7-4-6-14-5-2-3-8-19(14)15/h2-11,13H,12H2,1H3/b17-11+. The largest absolute Gasteiger partial charge is 0.497 e. The van der Waals surface area contributed by atoms with Crippen molar-refractivity contribution in [2.24, 2.45) is 0 Å². The molecule has 0 N–H and O–H groups in total. The van der Waals surface area contributed by atoms with Gasteiger partial charge in [0.25, 0.3) is 0 Å². The zero-order valence-electron chi connectivity index (χ0n) is 12.9. The van der Waals surface area contributed by atoms with Crippen molar-refractivity contribution in [2.75, 3.05) is 7.11 Å². The summed E-state index contributed by atoms with van der Waals surface area (Å²) in [6.07, 6.45) is 2.69. The maximum Gasteiger partial charge on any atom is 0.189 e. The van der Waals surface area contributed by atoms with Gasteiger partial charge in [-0.05, 0) is 46.2 Å². The Hall–Kier alpha value is -2.87. The summed E-state index contributed by atoms with van der Waals surface area (Å²) < 4.78 is 5.26. The molecule has 0 heterocycles. The van der Waals surface area contributed by atoms with Gasteiger partial charge >= 0.3 is 0 Å². The highest BCUT2D eigenvalue weighted by atomic mass is 16.5. The minimum absolute atomic E-state index is 0.121. The molecule has 3 aromatic carbocycles. The van der Waals surface area contributed by atoms with Crippen LogP contribution in [0.15, 0.2) is 66.2 Å². The van der Waals surface area contributed by atoms with Crippen LogP contribution in [0.3, 0.4) is 0 Å². The van der Waals surface area contributed by atoms with Gasteiger partial charge in [0.2, 0.25) is 0 Å². The van der Waals surface area contributed by atoms with Gasteiger partial charge in [-0.1, -0.05) is 42.5 Å². The van der Waals surface area contributed by atoms with Crippen LogP contribution in [0.5, 0.6) is 5.75 Å². The summed E-state index contributed by atoms with van der Waals surface area (Å²) in [4.78, 5) is 12.6. The third-order valence-electron chi connectivity index (χ3n) is 4.38. The first kappa shape index (κ1) is 13.8. The second-order valence-corrected chi connectivity index (χ2v) is 5.77. The lowest BCUT2D eigenvalue weighted by Crippen LogP contribution is -1.95. The summed E-state index contributed by atoms with van der Waals surface area (Å²) in [7, 11) is 1.64. The van der Waals surface area contributed by atoms with Gasteiger partial charge in [0.15, 0.2) is 5.78 Å². The van der Waals surface area contributed by atoms with E-state index in [4.69, 9.17) is 4.74 Å². The summed E-state index contributed by atoms with van der Waals surface area (Å²) in [5.74, 6) is 0.915. The van der Waals surface area contributed by atoms with Gasteiger partial charge < -0.3 is 4.74 Å². The van der Waals surface area contributed by atoms with Gasteiger partial charge in [0.05, 0.1) is 7.11 Å². The summed E-state index contributed by atoms with van der Waals surface area (Å²) in [6.45, 7) is 0. The quantitative estimate of drug-likeness (QED) is 0.643. The van der Waals surface area contributed by atoms with E-state index in [-0.39, 0.29) is 5.78 Å². The number of allylic oxidation sites excluding steroid dienone is 1. The number of Topliss-reactive ketones (excluding diaryl/α,β-unsaturated/α-hetero) is 1. The second-order valence-electron chi connectivity index (χ2n) is 5.77. The van der Waals surface area contributed by atoms with E-state index in [1.54, 1.807) is 7.11 Å². The van der Waals surface area contributed by atoms with Crippen LogP contribution < -0.4 is 4.74 Å². The van der Waals surface area contributed by atoms with Crippen molar-refractivity contribution in [2.45, 2.75) is 6.42 Å². The molecular formula is C21H16O2. The minimum atomic E-state index is 0.121. The van der Waals surface area contributed by atoms with Crippen LogP contribution in [0.4, 0.5) is 0 Å². The highest BCUT2D eigenvalue weighted by molar-refractivity contribution is 6.16. The molecule has 0 atom stereocenters. The molecule has 0 aliphatic heterocycles. The predicted octanol–water partition coefficient (Wildman–Crippen LogP) is 4.67. The lowest BCUT2D eigenvalue weighted by atomic mass is 10.0. The molecule has 0 aromatic heterocycles. The number of ether oxygens (including phenoxy) is 1. The normalized spacial score (nSPS) is 15.2. The highest BCUT2D eigenvalue weighted by Gasteiger charge is 2.25. The van der Waals surface area contributed by atoms with E-state index in [1.165, 1.54) is 10.8 Å². The predicted molar refractivity (Wildman–Crippen MR) is 93.0 cm³/mol. The number of methoxy groups -OCH3 is 1. The fourth-order valence-corrected chi connectivity index (χ4v) is 3.20. The van der Waals surface area contributed by atoms with E-state index in [9.17, 15) is 4.79 Å². The van der Waals surface area contributed by atoms with E-state index < -0.39 is 0 Å². The maximum atomic E-state index is 12.6. The second kappa shape index (κ2) is 5.40. The SMILES string of the molecule is COc1ccc2c(c1)C/C(=C\c1cccc3ccccc13)C2=O. The van der Waals surface area contributed by atoms with Gasteiger partial charge in [-0.25, -0.2) is 0 Å². The lowest BCUT2D eigenvalue weighted by molar-refractivity contribution is 0.104. The monoisotopic (exact) mass is 300 g/mol. The third-order valence-corrected chi connectivity index (χ3v) is 4.38. The van der Waals surface area contributed by atoms with Gasteiger partial charge in [-0.2, -0.15) is 0 Å². The van der Waals surface area contributed by atoms with Crippen molar-refractivity contribution in [3.8, 4) is 5.75 Å². The van der Waals surface area contributed by atoms with E-state index in [0.29, 0.717) is 6.42 Å². The molecular weight excluding hydrogens is 284 g/mol. The van der Waals surface area contributed by atoms with Crippen LogP contribution in [0.1, 0.15) is 21.5 Å². The molecule has 1 aliphatic carbocycles. The first-order valence-electron chi connectivity index (χ1n) is 7.66. The molecule has 0 saturated heterocycles. The molecule has 0 bridgehead atoms. The Morgan fingerprint density at radius 2 is 1.83 bits per heavy atom. The Bertz CT molecular complexity index is 946. The van der Waals surface area contributed by atoms with Crippen molar-refractivity contribution >= 4 is 22.6 Å². The molecule has 112 valence electrons. The Kier molecular flexibility index (Phi) is 3.23. The molecule has 1 aliphatic rings. The fraction of sp³-hybridized carbons (Fsp3) is 0.0952. The molecule has 0 radical (unpaired) electrons. The number of carbonyl (C=O) groups is 1. The smallest absolute Gasteiger partial charge is 0.189 e. The van der Waals surface area contributed by atoms with E-state index in [0.717, 1.165) is 28.0 Å². The number of rotatable bonds is 2. The average molecular weight is 300 g/mol. The molecule has 2 nitrogen and oxygen atoms in total. The van der Waals surface area contributed by atoms with Crippen molar-refractivity contribution < 1.29 is 9.53 Å². The summed E-state index contributed by atoms with van der Waals surface area (Å²) >= 11 is 0. The van der Waals surface area contributed by atoms with Crippen LogP contribution in [-0.2, 0) is 6.42 Å². The van der Waals surface area contributed by atoms with Crippen molar-refractivity contribution in [1.82, 2.24) is 0 Å². The van der Waals surface area contributed by atoms with E-state index >= 15 is 0 Å². The average Bonchev–Trinajstić information content (AvgIpc) is 2.90. The van der Waals surface area contributed by atoms with Crippen molar-refractivity contribution in [3.63, 3.8) is 0 Å². The van der Waals surface area contributed by atoms with Crippen LogP contribution in [0, 0.1) is 0 Å². The van der Waals surface area contributed by atoms with Crippen LogP contribution in [0.2, 0.25) is 0 Å². The molecule has 0 unspecified atom stereocenters. The molecule has 4 rings (SSSR count). The van der Waals surface area contributed by atoms with Gasteiger partial charge in [0, 0.05) is 17.6 Å². The van der Waals surface area contributed by atoms with Crippen LogP contribution >= 0.6 is 0 Å². The molecule has 0 fully saturated rings. The molecule has 23 heavy (non-hydrogen) atoms. The number of benzene rings is 3. The number of carbonyl (C=O) groups excluding carboxylic acids is 1. The first-order valence-corrected chi connectivity index (χ1v) is 7.66. The highest BCUT2D eigenvalue weighted by Crippen LogP contribution is 2.31. The molecule has 0 amide bonds. The number of fused-ring (bicyclic) bond motifs is 2. The molecule has 0 saturated carbocycles. The van der Waals surface area contributed by atoms with Crippen LogP contribution in [-0.4, -0.2) is 12.9 Å². The summed E-state index contributed by atoms with van der Waals surface area (Å²) in [5.41, 5.74) is 3.76. The van der Waals surface area contributed by atoms with E-state index in [2.05, 4.69) is 24.3 Å². The number of ketones is 1. The topological polar surface area (TPSA) is 26.3 Å². The Morgan fingerprint density at radius 3 is 2.70 bits per heavy atom. The summed E-state index contributed by atoms with van der Waals surface area (Å²) in [5, 5.41) is 2.36. The zero-order valence-corrected chi connectivity index (χ0v) is 12.9. The molecule has 0 spiro atoms. The Morgan fingerprint density at radius 1 is 1.00 bits per heavy atom.